The number of carbonyl (C=O) groups excluding carboxylic acids is 1. The third-order valence-corrected chi connectivity index (χ3v) is 7.08. The molecular weight excluding hydrogens is 415 g/mol. The van der Waals surface area contributed by atoms with Crippen molar-refractivity contribution in [3.8, 4) is 0 Å². The Bertz CT molecular complexity index is 1040. The molecule has 1 amide bonds. The van der Waals surface area contributed by atoms with Crippen molar-refractivity contribution in [2.24, 2.45) is 5.92 Å². The lowest BCUT2D eigenvalue weighted by Gasteiger charge is -2.41. The lowest BCUT2D eigenvalue weighted by molar-refractivity contribution is 0.0453. The molecule has 5 rings (SSSR count). The highest BCUT2D eigenvalue weighted by Crippen LogP contribution is 2.36. The van der Waals surface area contributed by atoms with Crippen molar-refractivity contribution in [3.63, 3.8) is 0 Å². The lowest BCUT2D eigenvalue weighted by Crippen LogP contribution is -2.50. The normalized spacial score (nSPS) is 18.2. The number of furan rings is 1. The zero-order valence-corrected chi connectivity index (χ0v) is 18.9. The molecule has 0 spiro atoms. The molecule has 3 aromatic rings. The molecule has 1 saturated carbocycles. The summed E-state index contributed by atoms with van der Waals surface area (Å²) < 4.78 is 19.6. The molecule has 1 saturated heterocycles. The van der Waals surface area contributed by atoms with E-state index in [-0.39, 0.29) is 17.8 Å². The first kappa shape index (κ1) is 21.9. The molecule has 1 aliphatic heterocycles. The number of likely N-dealkylation sites (tertiary alicyclic amines) is 1. The number of rotatable bonds is 8. The van der Waals surface area contributed by atoms with Crippen molar-refractivity contribution in [1.29, 1.82) is 0 Å². The van der Waals surface area contributed by atoms with Gasteiger partial charge in [0.15, 0.2) is 5.76 Å². The van der Waals surface area contributed by atoms with Gasteiger partial charge in [-0.15, -0.1) is 0 Å². The van der Waals surface area contributed by atoms with E-state index < -0.39 is 0 Å². The van der Waals surface area contributed by atoms with Crippen LogP contribution >= 0.6 is 0 Å². The number of hydrogen-bond acceptors (Lipinski definition) is 3. The third kappa shape index (κ3) is 5.19. The highest BCUT2D eigenvalue weighted by Gasteiger charge is 2.42. The number of carbonyl (C=O) groups is 1. The molecule has 4 nitrogen and oxygen atoms in total. The number of halogens is 1. The molecule has 2 aromatic carbocycles. The minimum atomic E-state index is -0.134. The fourth-order valence-electron chi connectivity index (χ4n) is 5.18. The van der Waals surface area contributed by atoms with E-state index in [1.807, 2.05) is 18.2 Å². The summed E-state index contributed by atoms with van der Waals surface area (Å²) in [6.07, 6.45) is 6.54. The molecule has 33 heavy (non-hydrogen) atoms. The van der Waals surface area contributed by atoms with Crippen LogP contribution in [0.15, 0.2) is 77.4 Å². The van der Waals surface area contributed by atoms with Crippen LogP contribution in [0.3, 0.4) is 0 Å². The van der Waals surface area contributed by atoms with E-state index in [0.717, 1.165) is 50.8 Å². The predicted molar refractivity (Wildman–Crippen MR) is 126 cm³/mol. The van der Waals surface area contributed by atoms with E-state index in [0.29, 0.717) is 24.3 Å². The quantitative estimate of drug-likeness (QED) is 0.455. The molecule has 1 atom stereocenters. The standard InChI is InChI=1S/C28H31FN2O2/c29-25-10-5-4-9-23(25)20-30-16-14-22(15-17-30)26(19-21-7-2-1-3-8-21)31(24-12-13-24)28(32)27-11-6-18-33-27/h1-11,18,22,24,26H,12-17,19-20H2/t26-/m0/s1. The molecular formula is C28H31FN2O2. The average molecular weight is 447 g/mol. The number of amides is 1. The Hall–Kier alpha value is -2.92. The van der Waals surface area contributed by atoms with Crippen LogP contribution in [0.25, 0.3) is 0 Å². The Morgan fingerprint density at radius 1 is 0.970 bits per heavy atom. The first-order valence-corrected chi connectivity index (χ1v) is 12.0. The Morgan fingerprint density at radius 2 is 1.70 bits per heavy atom. The molecule has 0 bridgehead atoms. The van der Waals surface area contributed by atoms with Crippen molar-refractivity contribution >= 4 is 5.91 Å². The van der Waals surface area contributed by atoms with Gasteiger partial charge in [0, 0.05) is 24.2 Å². The number of hydrogen-bond donors (Lipinski definition) is 0. The number of nitrogens with zero attached hydrogens (tertiary/aromatic N) is 2. The van der Waals surface area contributed by atoms with E-state index in [4.69, 9.17) is 4.42 Å². The van der Waals surface area contributed by atoms with Crippen LogP contribution in [-0.2, 0) is 13.0 Å². The van der Waals surface area contributed by atoms with Crippen LogP contribution < -0.4 is 0 Å². The topological polar surface area (TPSA) is 36.7 Å². The maximum atomic E-state index is 14.1. The van der Waals surface area contributed by atoms with Gasteiger partial charge in [-0.25, -0.2) is 4.39 Å². The third-order valence-electron chi connectivity index (χ3n) is 7.08. The average Bonchev–Trinajstić information content (AvgIpc) is 3.52. The molecule has 5 heteroatoms. The second-order valence-electron chi connectivity index (χ2n) is 9.38. The minimum absolute atomic E-state index is 0.0113. The van der Waals surface area contributed by atoms with Crippen molar-refractivity contribution in [1.82, 2.24) is 9.80 Å². The summed E-state index contributed by atoms with van der Waals surface area (Å²) in [5, 5.41) is 0. The fraction of sp³-hybridized carbons (Fsp3) is 0.393. The minimum Gasteiger partial charge on any atom is -0.459 e. The summed E-state index contributed by atoms with van der Waals surface area (Å²) in [7, 11) is 0. The van der Waals surface area contributed by atoms with Gasteiger partial charge in [-0.3, -0.25) is 9.69 Å². The monoisotopic (exact) mass is 446 g/mol. The van der Waals surface area contributed by atoms with Gasteiger partial charge >= 0.3 is 0 Å². The van der Waals surface area contributed by atoms with Gasteiger partial charge in [-0.2, -0.15) is 0 Å². The maximum Gasteiger partial charge on any atom is 0.290 e. The van der Waals surface area contributed by atoms with Crippen LogP contribution in [0.5, 0.6) is 0 Å². The molecule has 2 fully saturated rings. The van der Waals surface area contributed by atoms with Gasteiger partial charge in [-0.05, 0) is 74.9 Å². The van der Waals surface area contributed by atoms with Gasteiger partial charge in [-0.1, -0.05) is 48.5 Å². The van der Waals surface area contributed by atoms with Crippen LogP contribution in [0.2, 0.25) is 0 Å². The summed E-state index contributed by atoms with van der Waals surface area (Å²) in [4.78, 5) is 18.0. The molecule has 1 aliphatic carbocycles. The maximum absolute atomic E-state index is 14.1. The van der Waals surface area contributed by atoms with Crippen molar-refractivity contribution in [2.75, 3.05) is 13.1 Å². The van der Waals surface area contributed by atoms with E-state index >= 15 is 0 Å². The van der Waals surface area contributed by atoms with Crippen LogP contribution in [0, 0.1) is 11.7 Å². The second-order valence-corrected chi connectivity index (χ2v) is 9.38. The summed E-state index contributed by atoms with van der Waals surface area (Å²) >= 11 is 0. The molecule has 1 aromatic heterocycles. The van der Waals surface area contributed by atoms with Crippen LogP contribution in [0.1, 0.15) is 47.4 Å². The molecule has 0 N–H and O–H groups in total. The van der Waals surface area contributed by atoms with E-state index in [2.05, 4.69) is 34.1 Å². The zero-order chi connectivity index (χ0) is 22.6. The zero-order valence-electron chi connectivity index (χ0n) is 18.9. The Balaban J connectivity index is 1.33. The predicted octanol–water partition coefficient (Wildman–Crippen LogP) is 5.55. The van der Waals surface area contributed by atoms with Gasteiger partial charge in [0.25, 0.3) is 5.91 Å². The van der Waals surface area contributed by atoms with Crippen molar-refractivity contribution in [3.05, 3.63) is 95.7 Å². The first-order chi connectivity index (χ1) is 16.2. The number of piperidine rings is 1. The Kier molecular flexibility index (Phi) is 6.58. The molecule has 2 heterocycles. The SMILES string of the molecule is O=C(c1ccco1)N(C1CC1)[C@@H](Cc1ccccc1)C1CCN(Cc2ccccc2F)CC1. The van der Waals surface area contributed by atoms with E-state index in [1.165, 1.54) is 11.6 Å². The Morgan fingerprint density at radius 3 is 2.36 bits per heavy atom. The summed E-state index contributed by atoms with van der Waals surface area (Å²) in [6.45, 7) is 2.47. The van der Waals surface area contributed by atoms with Gasteiger partial charge in [0.2, 0.25) is 0 Å². The smallest absolute Gasteiger partial charge is 0.290 e. The molecule has 0 unspecified atom stereocenters. The van der Waals surface area contributed by atoms with Crippen LogP contribution in [0.4, 0.5) is 4.39 Å². The summed E-state index contributed by atoms with van der Waals surface area (Å²) in [6, 6.07) is 21.5. The second kappa shape index (κ2) is 9.92. The largest absolute Gasteiger partial charge is 0.459 e. The first-order valence-electron chi connectivity index (χ1n) is 12.0. The van der Waals surface area contributed by atoms with Gasteiger partial charge in [0.1, 0.15) is 5.82 Å². The molecule has 172 valence electrons. The highest BCUT2D eigenvalue weighted by atomic mass is 19.1. The lowest BCUT2D eigenvalue weighted by atomic mass is 9.84. The van der Waals surface area contributed by atoms with Gasteiger partial charge < -0.3 is 9.32 Å². The van der Waals surface area contributed by atoms with E-state index in [1.54, 1.807) is 24.5 Å². The summed E-state index contributed by atoms with van der Waals surface area (Å²) in [5.74, 6) is 0.710. The Labute approximate surface area is 195 Å². The van der Waals surface area contributed by atoms with Crippen molar-refractivity contribution < 1.29 is 13.6 Å². The fourth-order valence-corrected chi connectivity index (χ4v) is 5.18. The van der Waals surface area contributed by atoms with Crippen molar-refractivity contribution in [2.45, 2.75) is 50.7 Å². The molecule has 0 radical (unpaired) electrons. The number of benzene rings is 2. The highest BCUT2D eigenvalue weighted by molar-refractivity contribution is 5.92. The summed E-state index contributed by atoms with van der Waals surface area (Å²) in [5.41, 5.74) is 2.01. The molecule has 2 aliphatic rings. The van der Waals surface area contributed by atoms with Gasteiger partial charge in [0.05, 0.1) is 6.26 Å². The van der Waals surface area contributed by atoms with E-state index in [9.17, 15) is 9.18 Å². The van der Waals surface area contributed by atoms with Crippen LogP contribution in [-0.4, -0.2) is 40.9 Å².